The normalized spacial score (nSPS) is 30.3. The summed E-state index contributed by atoms with van der Waals surface area (Å²) in [6.45, 7) is 5.18. The van der Waals surface area contributed by atoms with E-state index in [1.807, 2.05) is 30.3 Å². The van der Waals surface area contributed by atoms with Crippen molar-refractivity contribution in [3.8, 4) is 0 Å². The van der Waals surface area contributed by atoms with Crippen LogP contribution in [0.5, 0.6) is 0 Å². The molecular formula is C17H23N3O5. The van der Waals surface area contributed by atoms with Crippen LogP contribution in [-0.2, 0) is 20.8 Å². The van der Waals surface area contributed by atoms with Crippen molar-refractivity contribution in [3.63, 3.8) is 0 Å². The molecule has 2 N–H and O–H groups in total. The minimum Gasteiger partial charge on any atom is -0.394 e. The Morgan fingerprint density at radius 2 is 2.16 bits per heavy atom. The maximum atomic E-state index is 10.4. The minimum absolute atomic E-state index is 0.210. The van der Waals surface area contributed by atoms with Crippen molar-refractivity contribution in [2.45, 2.75) is 50.3 Å². The summed E-state index contributed by atoms with van der Waals surface area (Å²) >= 11 is 0. The Bertz CT molecular complexity index is 593. The summed E-state index contributed by atoms with van der Waals surface area (Å²) in [4.78, 5) is 2.82. The van der Waals surface area contributed by atoms with E-state index in [1.165, 1.54) is 0 Å². The Kier molecular flexibility index (Phi) is 7.39. The molecule has 6 atom stereocenters. The molecule has 1 aliphatic heterocycles. The fraction of sp³-hybridized carbons (Fsp3) is 0.529. The number of aliphatic hydroxyl groups excluding tert-OH is 2. The molecule has 0 saturated carbocycles. The van der Waals surface area contributed by atoms with Crippen LogP contribution in [0.25, 0.3) is 10.4 Å². The van der Waals surface area contributed by atoms with Crippen LogP contribution in [0.3, 0.4) is 0 Å². The van der Waals surface area contributed by atoms with E-state index >= 15 is 0 Å². The maximum absolute atomic E-state index is 10.4. The molecule has 0 amide bonds. The zero-order valence-electron chi connectivity index (χ0n) is 14.0. The molecule has 25 heavy (non-hydrogen) atoms. The third kappa shape index (κ3) is 5.02. The molecule has 8 heteroatoms. The summed E-state index contributed by atoms with van der Waals surface area (Å²) in [5.41, 5.74) is 9.78. The van der Waals surface area contributed by atoms with Crippen LogP contribution in [-0.4, -0.2) is 53.6 Å². The zero-order valence-corrected chi connectivity index (χ0v) is 14.0. The summed E-state index contributed by atoms with van der Waals surface area (Å²) in [6, 6.07) is 8.49. The van der Waals surface area contributed by atoms with E-state index in [4.69, 9.17) is 19.7 Å². The Balaban J connectivity index is 2.20. The highest BCUT2D eigenvalue weighted by molar-refractivity contribution is 5.13. The molecule has 136 valence electrons. The number of nitrogens with zero attached hydrogens (tertiary/aromatic N) is 3. The second kappa shape index (κ2) is 9.53. The first-order chi connectivity index (χ1) is 12.1. The van der Waals surface area contributed by atoms with Crippen molar-refractivity contribution in [3.05, 3.63) is 59.0 Å². The van der Waals surface area contributed by atoms with Gasteiger partial charge in [0, 0.05) is 4.91 Å². The van der Waals surface area contributed by atoms with Gasteiger partial charge in [-0.3, -0.25) is 0 Å². The SMILES string of the molecule is C=CC(C)O[C@@H]1O[C@H](CO)[C@@H](O)[C@H](OCc2ccccc2)[C@H]1N=[N+]=[N-]. The van der Waals surface area contributed by atoms with Crippen LogP contribution in [0.2, 0.25) is 0 Å². The van der Waals surface area contributed by atoms with Crippen molar-refractivity contribution in [1.29, 1.82) is 0 Å². The first kappa shape index (κ1) is 19.4. The third-order valence-corrected chi connectivity index (χ3v) is 3.97. The van der Waals surface area contributed by atoms with Gasteiger partial charge in [-0.2, -0.15) is 0 Å². The molecule has 1 unspecified atom stereocenters. The van der Waals surface area contributed by atoms with Gasteiger partial charge in [0.05, 0.1) is 25.4 Å². The van der Waals surface area contributed by atoms with Crippen LogP contribution in [0.4, 0.5) is 0 Å². The molecule has 0 spiro atoms. The van der Waals surface area contributed by atoms with Gasteiger partial charge in [-0.1, -0.05) is 41.5 Å². The van der Waals surface area contributed by atoms with E-state index in [0.29, 0.717) is 0 Å². The molecule has 0 aliphatic carbocycles. The maximum Gasteiger partial charge on any atom is 0.170 e. The van der Waals surface area contributed by atoms with Gasteiger partial charge in [-0.05, 0) is 18.0 Å². The van der Waals surface area contributed by atoms with Gasteiger partial charge in [0.1, 0.15) is 18.2 Å². The quantitative estimate of drug-likeness (QED) is 0.322. The molecule has 8 nitrogen and oxygen atoms in total. The average molecular weight is 349 g/mol. The zero-order chi connectivity index (χ0) is 18.2. The van der Waals surface area contributed by atoms with Gasteiger partial charge in [0.2, 0.25) is 0 Å². The summed E-state index contributed by atoms with van der Waals surface area (Å²) in [7, 11) is 0. The number of hydrogen-bond acceptors (Lipinski definition) is 6. The molecule has 1 heterocycles. The summed E-state index contributed by atoms with van der Waals surface area (Å²) < 4.78 is 17.0. The monoisotopic (exact) mass is 349 g/mol. The molecule has 1 aliphatic rings. The molecule has 0 radical (unpaired) electrons. The molecule has 0 aromatic heterocycles. The number of azide groups is 1. The number of aliphatic hydroxyl groups is 2. The lowest BCUT2D eigenvalue weighted by molar-refractivity contribution is -0.279. The number of rotatable bonds is 8. The standard InChI is InChI=1S/C17H23N3O5/c1-3-11(2)24-17-14(19-20-18)16(15(22)13(9-21)25-17)23-10-12-7-5-4-6-8-12/h3-8,11,13-17,21-22H,1,9-10H2,2H3/t11?,13-,14-,15-,16-,17-/m1/s1. The van der Waals surface area contributed by atoms with Gasteiger partial charge in [-0.25, -0.2) is 0 Å². The Morgan fingerprint density at radius 1 is 1.44 bits per heavy atom. The van der Waals surface area contributed by atoms with Crippen LogP contribution < -0.4 is 0 Å². The summed E-state index contributed by atoms with van der Waals surface area (Å²) in [6.07, 6.45) is -2.73. The van der Waals surface area contributed by atoms with Crippen molar-refractivity contribution in [2.24, 2.45) is 5.11 Å². The van der Waals surface area contributed by atoms with Crippen LogP contribution >= 0.6 is 0 Å². The highest BCUT2D eigenvalue weighted by Crippen LogP contribution is 2.28. The third-order valence-electron chi connectivity index (χ3n) is 3.97. The van der Waals surface area contributed by atoms with E-state index in [0.717, 1.165) is 5.56 Å². The lowest BCUT2D eigenvalue weighted by Gasteiger charge is -2.42. The van der Waals surface area contributed by atoms with E-state index < -0.39 is 37.3 Å². The Hall–Kier alpha value is -1.93. The van der Waals surface area contributed by atoms with Gasteiger partial charge in [0.25, 0.3) is 0 Å². The first-order valence-electron chi connectivity index (χ1n) is 8.02. The van der Waals surface area contributed by atoms with E-state index in [1.54, 1.807) is 13.0 Å². The molecule has 1 saturated heterocycles. The second-order valence-corrected chi connectivity index (χ2v) is 5.75. The van der Waals surface area contributed by atoms with Crippen LogP contribution in [0, 0.1) is 0 Å². The summed E-state index contributed by atoms with van der Waals surface area (Å²) in [5, 5.41) is 23.6. The topological polar surface area (TPSA) is 117 Å². The lowest BCUT2D eigenvalue weighted by Crippen LogP contribution is -2.59. The fourth-order valence-electron chi connectivity index (χ4n) is 2.58. The fourth-order valence-corrected chi connectivity index (χ4v) is 2.58. The molecule has 0 bridgehead atoms. The van der Waals surface area contributed by atoms with E-state index in [-0.39, 0.29) is 12.7 Å². The second-order valence-electron chi connectivity index (χ2n) is 5.75. The lowest BCUT2D eigenvalue weighted by atomic mass is 9.97. The number of benzene rings is 1. The highest BCUT2D eigenvalue weighted by Gasteiger charge is 2.46. The van der Waals surface area contributed by atoms with Gasteiger partial charge < -0.3 is 24.4 Å². The number of ether oxygens (including phenoxy) is 3. The van der Waals surface area contributed by atoms with E-state index in [9.17, 15) is 10.2 Å². The molecule has 1 fully saturated rings. The summed E-state index contributed by atoms with van der Waals surface area (Å²) in [5.74, 6) is 0. The Morgan fingerprint density at radius 3 is 2.76 bits per heavy atom. The number of hydrogen-bond donors (Lipinski definition) is 2. The Labute approximate surface area is 146 Å². The molecule has 2 rings (SSSR count). The van der Waals surface area contributed by atoms with Gasteiger partial charge >= 0.3 is 0 Å². The van der Waals surface area contributed by atoms with Crippen molar-refractivity contribution in [1.82, 2.24) is 0 Å². The highest BCUT2D eigenvalue weighted by atomic mass is 16.7. The van der Waals surface area contributed by atoms with Crippen molar-refractivity contribution >= 4 is 0 Å². The predicted molar refractivity (Wildman–Crippen MR) is 90.5 cm³/mol. The smallest absolute Gasteiger partial charge is 0.170 e. The van der Waals surface area contributed by atoms with E-state index in [2.05, 4.69) is 16.6 Å². The first-order valence-corrected chi connectivity index (χ1v) is 8.02. The molecule has 1 aromatic carbocycles. The van der Waals surface area contributed by atoms with Gasteiger partial charge in [0.15, 0.2) is 6.29 Å². The van der Waals surface area contributed by atoms with Crippen LogP contribution in [0.1, 0.15) is 12.5 Å². The molecular weight excluding hydrogens is 326 g/mol. The predicted octanol–water partition coefficient (Wildman–Crippen LogP) is 1.92. The average Bonchev–Trinajstić information content (AvgIpc) is 2.64. The van der Waals surface area contributed by atoms with Crippen molar-refractivity contribution < 1.29 is 24.4 Å². The largest absolute Gasteiger partial charge is 0.394 e. The van der Waals surface area contributed by atoms with Gasteiger partial charge in [-0.15, -0.1) is 6.58 Å². The van der Waals surface area contributed by atoms with Crippen LogP contribution in [0.15, 0.2) is 48.1 Å². The minimum atomic E-state index is -1.16. The van der Waals surface area contributed by atoms with Crippen molar-refractivity contribution in [2.75, 3.05) is 6.61 Å². The molecule has 1 aromatic rings.